The van der Waals surface area contributed by atoms with Crippen molar-refractivity contribution >= 4 is 16.1 Å². The lowest BCUT2D eigenvalue weighted by Crippen LogP contribution is -2.53. The molecule has 1 saturated heterocycles. The van der Waals surface area contributed by atoms with Crippen molar-refractivity contribution in [3.8, 4) is 0 Å². The van der Waals surface area contributed by atoms with Crippen LogP contribution in [0.3, 0.4) is 0 Å². The van der Waals surface area contributed by atoms with Crippen molar-refractivity contribution in [1.82, 2.24) is 14.5 Å². The number of rotatable bonds is 8. The lowest BCUT2D eigenvalue weighted by molar-refractivity contribution is 0.104. The summed E-state index contributed by atoms with van der Waals surface area (Å²) in [7, 11) is -3.56. The number of nitrogens with one attached hydrogen (secondary N) is 1. The Kier molecular flexibility index (Phi) is 7.52. The molecule has 0 atom stereocenters. The van der Waals surface area contributed by atoms with Crippen molar-refractivity contribution in [1.29, 1.82) is 0 Å². The number of urea groups is 1. The molecule has 2 aromatic rings. The molecule has 2 heterocycles. The van der Waals surface area contributed by atoms with Crippen LogP contribution in [0, 0.1) is 13.8 Å². The van der Waals surface area contributed by atoms with Crippen LogP contribution in [0.15, 0.2) is 45.9 Å². The topological polar surface area (TPSA) is 92.1 Å². The lowest BCUT2D eigenvalue weighted by atomic mass is 10.2. The minimum absolute atomic E-state index is 0.176. The van der Waals surface area contributed by atoms with Gasteiger partial charge in [0.15, 0.2) is 0 Å². The van der Waals surface area contributed by atoms with Gasteiger partial charge in [-0.25, -0.2) is 13.2 Å². The number of benzene rings is 1. The summed E-state index contributed by atoms with van der Waals surface area (Å²) in [6.45, 7) is 6.41. The molecule has 1 N–H and O–H groups in total. The summed E-state index contributed by atoms with van der Waals surface area (Å²) < 4.78 is 38.1. The minimum atomic E-state index is -3.56. The molecule has 164 valence electrons. The molecule has 1 aromatic heterocycles. The van der Waals surface area contributed by atoms with E-state index in [0.717, 1.165) is 16.9 Å². The van der Waals surface area contributed by atoms with Gasteiger partial charge in [0.05, 0.1) is 11.2 Å². The van der Waals surface area contributed by atoms with Crippen molar-refractivity contribution in [3.63, 3.8) is 0 Å². The predicted molar refractivity (Wildman–Crippen MR) is 113 cm³/mol. The SMILES string of the molecule is Cc1ccc(C)c(S(=O)(=O)N2CCN(C(=O)NCCCOCc3ccco3)CC2)c1. The third-order valence-corrected chi connectivity index (χ3v) is 7.09. The van der Waals surface area contributed by atoms with Gasteiger partial charge in [-0.05, 0) is 49.6 Å². The third kappa shape index (κ3) is 5.62. The highest BCUT2D eigenvalue weighted by molar-refractivity contribution is 7.89. The molecule has 0 spiro atoms. The number of sulfonamides is 1. The van der Waals surface area contributed by atoms with Crippen molar-refractivity contribution < 1.29 is 22.4 Å². The van der Waals surface area contributed by atoms with Crippen molar-refractivity contribution in [3.05, 3.63) is 53.5 Å². The Balaban J connectivity index is 1.40. The van der Waals surface area contributed by atoms with E-state index in [1.807, 2.05) is 31.2 Å². The first-order chi connectivity index (χ1) is 14.4. The summed E-state index contributed by atoms with van der Waals surface area (Å²) in [6, 6.07) is 8.92. The standard InChI is InChI=1S/C21H29N3O5S/c1-17-6-7-18(2)20(15-17)30(26,27)24-11-9-23(10-12-24)21(25)22-8-4-13-28-16-19-5-3-14-29-19/h3,5-7,14-15H,4,8-13,16H2,1-2H3,(H,22,25). The van der Waals surface area contributed by atoms with Crippen LogP contribution in [0.5, 0.6) is 0 Å². The van der Waals surface area contributed by atoms with Crippen molar-refractivity contribution in [2.75, 3.05) is 39.3 Å². The van der Waals surface area contributed by atoms with E-state index in [0.29, 0.717) is 44.2 Å². The van der Waals surface area contributed by atoms with E-state index in [1.54, 1.807) is 24.2 Å². The number of carbonyl (C=O) groups excluding carboxylic acids is 1. The van der Waals surface area contributed by atoms with Gasteiger partial charge in [-0.15, -0.1) is 0 Å². The van der Waals surface area contributed by atoms with Crippen LogP contribution < -0.4 is 5.32 Å². The van der Waals surface area contributed by atoms with E-state index < -0.39 is 10.0 Å². The Labute approximate surface area is 177 Å². The van der Waals surface area contributed by atoms with Gasteiger partial charge in [-0.1, -0.05) is 12.1 Å². The second-order valence-electron chi connectivity index (χ2n) is 7.38. The molecule has 0 radical (unpaired) electrons. The molecule has 1 aliphatic rings. The Morgan fingerprint density at radius 3 is 2.63 bits per heavy atom. The summed E-state index contributed by atoms with van der Waals surface area (Å²) >= 11 is 0. The summed E-state index contributed by atoms with van der Waals surface area (Å²) in [5.74, 6) is 0.771. The predicted octanol–water partition coefficient (Wildman–Crippen LogP) is 2.52. The lowest BCUT2D eigenvalue weighted by Gasteiger charge is -2.34. The molecule has 30 heavy (non-hydrogen) atoms. The van der Waals surface area contributed by atoms with Gasteiger partial charge < -0.3 is 19.4 Å². The zero-order valence-electron chi connectivity index (χ0n) is 17.5. The molecule has 8 nitrogen and oxygen atoms in total. The van der Waals surface area contributed by atoms with Gasteiger partial charge in [-0.2, -0.15) is 4.31 Å². The third-order valence-electron chi connectivity index (χ3n) is 5.05. The quantitative estimate of drug-likeness (QED) is 0.644. The average Bonchev–Trinajstić information content (AvgIpc) is 3.25. The molecule has 3 rings (SSSR count). The largest absolute Gasteiger partial charge is 0.467 e. The van der Waals surface area contributed by atoms with Gasteiger partial charge in [-0.3, -0.25) is 0 Å². The molecule has 0 unspecified atom stereocenters. The zero-order valence-corrected chi connectivity index (χ0v) is 18.3. The number of hydrogen-bond acceptors (Lipinski definition) is 5. The van der Waals surface area contributed by atoms with Gasteiger partial charge in [0.25, 0.3) is 0 Å². The van der Waals surface area contributed by atoms with E-state index in [-0.39, 0.29) is 19.1 Å². The molecule has 1 aromatic carbocycles. The van der Waals surface area contributed by atoms with Gasteiger partial charge in [0, 0.05) is 39.3 Å². The average molecular weight is 436 g/mol. The van der Waals surface area contributed by atoms with Crippen LogP contribution >= 0.6 is 0 Å². The summed E-state index contributed by atoms with van der Waals surface area (Å²) in [6.07, 6.45) is 2.29. The van der Waals surface area contributed by atoms with E-state index in [4.69, 9.17) is 9.15 Å². The first-order valence-electron chi connectivity index (χ1n) is 10.1. The van der Waals surface area contributed by atoms with Crippen LogP contribution in [-0.2, 0) is 21.4 Å². The number of nitrogens with zero attached hydrogens (tertiary/aromatic N) is 2. The molecule has 0 aliphatic carbocycles. The van der Waals surface area contributed by atoms with Crippen LogP contribution in [0.1, 0.15) is 23.3 Å². The molecule has 1 fully saturated rings. The molecular weight excluding hydrogens is 406 g/mol. The number of carbonyl (C=O) groups is 1. The molecular formula is C21H29N3O5S. The number of furan rings is 1. The van der Waals surface area contributed by atoms with Crippen molar-refractivity contribution in [2.45, 2.75) is 31.8 Å². The highest BCUT2D eigenvalue weighted by Crippen LogP contribution is 2.22. The first kappa shape index (κ1) is 22.3. The smallest absolute Gasteiger partial charge is 0.317 e. The van der Waals surface area contributed by atoms with Crippen LogP contribution in [-0.4, -0.2) is 63.0 Å². The fourth-order valence-electron chi connectivity index (χ4n) is 3.30. The van der Waals surface area contributed by atoms with E-state index in [9.17, 15) is 13.2 Å². The molecule has 9 heteroatoms. The van der Waals surface area contributed by atoms with E-state index in [1.165, 1.54) is 4.31 Å². The Morgan fingerprint density at radius 1 is 1.17 bits per heavy atom. The highest BCUT2D eigenvalue weighted by atomic mass is 32.2. The zero-order chi connectivity index (χ0) is 21.6. The second-order valence-corrected chi connectivity index (χ2v) is 9.28. The van der Waals surface area contributed by atoms with Gasteiger partial charge in [0.2, 0.25) is 10.0 Å². The van der Waals surface area contributed by atoms with Crippen LogP contribution in [0.25, 0.3) is 0 Å². The Hall–Kier alpha value is -2.36. The molecule has 1 aliphatic heterocycles. The number of amides is 2. The Morgan fingerprint density at radius 2 is 1.93 bits per heavy atom. The maximum absolute atomic E-state index is 13.0. The number of ether oxygens (including phenoxy) is 1. The fraction of sp³-hybridized carbons (Fsp3) is 0.476. The maximum Gasteiger partial charge on any atom is 0.317 e. The Bertz CT molecular complexity index is 936. The normalized spacial score (nSPS) is 15.3. The van der Waals surface area contributed by atoms with E-state index in [2.05, 4.69) is 5.32 Å². The van der Waals surface area contributed by atoms with Gasteiger partial charge >= 0.3 is 6.03 Å². The summed E-state index contributed by atoms with van der Waals surface area (Å²) in [5, 5.41) is 2.86. The minimum Gasteiger partial charge on any atom is -0.467 e. The summed E-state index contributed by atoms with van der Waals surface area (Å²) in [5.41, 5.74) is 1.64. The fourth-order valence-corrected chi connectivity index (χ4v) is 5.04. The van der Waals surface area contributed by atoms with Crippen LogP contribution in [0.2, 0.25) is 0 Å². The van der Waals surface area contributed by atoms with E-state index >= 15 is 0 Å². The summed E-state index contributed by atoms with van der Waals surface area (Å²) in [4.78, 5) is 14.3. The maximum atomic E-state index is 13.0. The van der Waals surface area contributed by atoms with Gasteiger partial charge in [0.1, 0.15) is 12.4 Å². The molecule has 2 amide bonds. The highest BCUT2D eigenvalue weighted by Gasteiger charge is 2.31. The second kappa shape index (κ2) is 10.1. The van der Waals surface area contributed by atoms with Crippen molar-refractivity contribution in [2.24, 2.45) is 0 Å². The molecule has 0 bridgehead atoms. The monoisotopic (exact) mass is 435 g/mol. The molecule has 0 saturated carbocycles. The number of aryl methyl sites for hydroxylation is 2. The van der Waals surface area contributed by atoms with Crippen LogP contribution in [0.4, 0.5) is 4.79 Å². The number of piperazine rings is 1. The first-order valence-corrected chi connectivity index (χ1v) is 11.5. The number of hydrogen-bond donors (Lipinski definition) is 1.